The van der Waals surface area contributed by atoms with Crippen LogP contribution in [0.4, 0.5) is 17.1 Å². The number of hydrogen-bond acceptors (Lipinski definition) is 10. The summed E-state index contributed by atoms with van der Waals surface area (Å²) in [6.45, 7) is 1.35. The van der Waals surface area contributed by atoms with Gasteiger partial charge in [-0.3, -0.25) is 14.8 Å². The highest BCUT2D eigenvalue weighted by Gasteiger charge is 2.15. The number of nitrogens with zero attached hydrogens (tertiary/aromatic N) is 2. The molecule has 220 valence electrons. The fourth-order valence-electron chi connectivity index (χ4n) is 4.43. The number of methoxy groups -OCH3 is 1. The second kappa shape index (κ2) is 12.8. The smallest absolute Gasteiger partial charge is 0.337 e. The fraction of sp³-hybridized carbons (Fsp3) is 0.0645. The van der Waals surface area contributed by atoms with E-state index in [1.165, 1.54) is 54.7 Å². The molecule has 12 heteroatoms. The SMILES string of the molecule is COC(=O)c1ccc(NC(C)=O)c(N(N)/C=C(\N)c2ccc(/C(N)=C/N(N)c3cccc4c(C(=O)O)cccc34)cc2)c1. The largest absolute Gasteiger partial charge is 0.478 e. The van der Waals surface area contributed by atoms with Crippen molar-refractivity contribution in [3.05, 3.63) is 114 Å². The Bertz CT molecular complexity index is 1770. The summed E-state index contributed by atoms with van der Waals surface area (Å²) < 4.78 is 4.78. The van der Waals surface area contributed by atoms with Crippen LogP contribution in [0.15, 0.2) is 91.3 Å². The van der Waals surface area contributed by atoms with Crippen molar-refractivity contribution in [1.82, 2.24) is 0 Å². The molecule has 0 aromatic heterocycles. The zero-order valence-electron chi connectivity index (χ0n) is 23.4. The van der Waals surface area contributed by atoms with Crippen molar-refractivity contribution in [2.45, 2.75) is 6.92 Å². The number of carboxylic acids is 1. The summed E-state index contributed by atoms with van der Waals surface area (Å²) in [5.74, 6) is 10.7. The Morgan fingerprint density at radius 2 is 1.30 bits per heavy atom. The molecule has 0 aliphatic rings. The van der Waals surface area contributed by atoms with Gasteiger partial charge in [0.05, 0.1) is 46.7 Å². The van der Waals surface area contributed by atoms with Gasteiger partial charge in [-0.1, -0.05) is 48.5 Å². The van der Waals surface area contributed by atoms with Gasteiger partial charge in [0, 0.05) is 24.7 Å². The van der Waals surface area contributed by atoms with Crippen LogP contribution in [0.3, 0.4) is 0 Å². The number of hydrazine groups is 2. The Morgan fingerprint density at radius 1 is 0.767 bits per heavy atom. The molecule has 0 fully saturated rings. The van der Waals surface area contributed by atoms with Crippen LogP contribution in [0.2, 0.25) is 0 Å². The zero-order chi connectivity index (χ0) is 31.3. The number of benzene rings is 4. The quantitative estimate of drug-likeness (QED) is 0.0958. The van der Waals surface area contributed by atoms with E-state index in [9.17, 15) is 19.5 Å². The van der Waals surface area contributed by atoms with E-state index in [1.54, 1.807) is 60.7 Å². The van der Waals surface area contributed by atoms with Gasteiger partial charge in [-0.15, -0.1) is 0 Å². The van der Waals surface area contributed by atoms with Crippen LogP contribution in [0, 0.1) is 0 Å². The van der Waals surface area contributed by atoms with Gasteiger partial charge < -0.3 is 26.6 Å². The van der Waals surface area contributed by atoms with Gasteiger partial charge in [-0.2, -0.15) is 0 Å². The number of anilines is 3. The first-order chi connectivity index (χ1) is 20.5. The monoisotopic (exact) mass is 581 g/mol. The summed E-state index contributed by atoms with van der Waals surface area (Å²) in [5, 5.41) is 15.9. The van der Waals surface area contributed by atoms with Crippen molar-refractivity contribution in [2.24, 2.45) is 23.2 Å². The third-order valence-corrected chi connectivity index (χ3v) is 6.52. The molecule has 4 rings (SSSR count). The third kappa shape index (κ3) is 6.73. The van der Waals surface area contributed by atoms with Gasteiger partial charge in [0.25, 0.3) is 0 Å². The lowest BCUT2D eigenvalue weighted by atomic mass is 10.0. The topological polar surface area (TPSA) is 203 Å². The number of ether oxygens (including phenoxy) is 1. The van der Waals surface area contributed by atoms with Gasteiger partial charge in [0.15, 0.2) is 0 Å². The third-order valence-electron chi connectivity index (χ3n) is 6.52. The first-order valence-electron chi connectivity index (χ1n) is 12.9. The van der Waals surface area contributed by atoms with E-state index < -0.39 is 11.9 Å². The van der Waals surface area contributed by atoms with Crippen LogP contribution in [0.1, 0.15) is 38.8 Å². The Kier molecular flexibility index (Phi) is 8.94. The number of aromatic carboxylic acids is 1. The van der Waals surface area contributed by atoms with E-state index >= 15 is 0 Å². The molecule has 0 aliphatic heterocycles. The average molecular weight is 582 g/mol. The molecule has 0 aliphatic carbocycles. The molecule has 1 amide bonds. The van der Waals surface area contributed by atoms with E-state index in [1.807, 2.05) is 0 Å². The highest BCUT2D eigenvalue weighted by Crippen LogP contribution is 2.30. The number of amides is 1. The van der Waals surface area contributed by atoms with Crippen LogP contribution in [0.25, 0.3) is 22.2 Å². The number of nitrogens with one attached hydrogen (secondary N) is 1. The van der Waals surface area contributed by atoms with Gasteiger partial charge in [0.1, 0.15) is 0 Å². The maximum absolute atomic E-state index is 12.0. The molecule has 0 radical (unpaired) electrons. The maximum Gasteiger partial charge on any atom is 0.337 e. The second-order valence-electron chi connectivity index (χ2n) is 9.45. The Balaban J connectivity index is 1.58. The fourth-order valence-corrected chi connectivity index (χ4v) is 4.43. The van der Waals surface area contributed by atoms with E-state index in [-0.39, 0.29) is 17.0 Å². The maximum atomic E-state index is 12.0. The highest BCUT2D eigenvalue weighted by atomic mass is 16.5. The minimum Gasteiger partial charge on any atom is -0.478 e. The van der Waals surface area contributed by atoms with Crippen LogP contribution < -0.4 is 38.5 Å². The van der Waals surface area contributed by atoms with E-state index in [2.05, 4.69) is 5.32 Å². The van der Waals surface area contributed by atoms with Crippen molar-refractivity contribution < 1.29 is 24.2 Å². The predicted molar refractivity (Wildman–Crippen MR) is 167 cm³/mol. The van der Waals surface area contributed by atoms with Crippen molar-refractivity contribution in [3.8, 4) is 0 Å². The Hall–Kier alpha value is -5.85. The molecule has 0 heterocycles. The molecule has 0 saturated carbocycles. The molecular formula is C31H31N7O5. The molecule has 0 spiro atoms. The number of carboxylic acid groups (broad SMARTS) is 1. The first-order valence-corrected chi connectivity index (χ1v) is 12.9. The molecular weight excluding hydrogens is 550 g/mol. The average Bonchev–Trinajstić information content (AvgIpc) is 2.99. The van der Waals surface area contributed by atoms with Crippen molar-refractivity contribution in [2.75, 3.05) is 22.4 Å². The summed E-state index contributed by atoms with van der Waals surface area (Å²) in [6.07, 6.45) is 2.99. The summed E-state index contributed by atoms with van der Waals surface area (Å²) in [7, 11) is 1.26. The Morgan fingerprint density at radius 3 is 1.86 bits per heavy atom. The molecule has 0 atom stereocenters. The summed E-state index contributed by atoms with van der Waals surface area (Å²) >= 11 is 0. The number of nitrogens with two attached hydrogens (primary N) is 4. The molecule has 0 saturated heterocycles. The minimum atomic E-state index is -1.03. The standard InChI is InChI=1S/C31H31N7O5/c1-18(39)36-27-14-13-21(31(42)43-2)15-29(27)38(35)17-26(33)20-11-9-19(10-12-20)25(32)16-37(34)28-8-4-5-22-23(28)6-3-7-24(22)30(40)41/h3-17H,32-35H2,1-2H3,(H,36,39)(H,40,41)/b25-16-,26-17-. The highest BCUT2D eigenvalue weighted by molar-refractivity contribution is 6.07. The molecule has 43 heavy (non-hydrogen) atoms. The minimum absolute atomic E-state index is 0.171. The molecule has 0 bridgehead atoms. The lowest BCUT2D eigenvalue weighted by Gasteiger charge is -2.20. The first kappa shape index (κ1) is 30.1. The number of esters is 1. The zero-order valence-corrected chi connectivity index (χ0v) is 23.4. The van der Waals surface area contributed by atoms with E-state index in [4.69, 9.17) is 27.9 Å². The number of fused-ring (bicyclic) bond motifs is 1. The summed E-state index contributed by atoms with van der Waals surface area (Å²) in [6, 6.07) is 21.7. The second-order valence-corrected chi connectivity index (χ2v) is 9.45. The van der Waals surface area contributed by atoms with Crippen LogP contribution in [-0.2, 0) is 9.53 Å². The van der Waals surface area contributed by atoms with Crippen LogP contribution in [0.5, 0.6) is 0 Å². The van der Waals surface area contributed by atoms with E-state index in [0.29, 0.717) is 50.4 Å². The summed E-state index contributed by atoms with van der Waals surface area (Å²) in [4.78, 5) is 35.4. The van der Waals surface area contributed by atoms with Gasteiger partial charge in [-0.25, -0.2) is 21.3 Å². The number of rotatable bonds is 9. The predicted octanol–water partition coefficient (Wildman–Crippen LogP) is 3.56. The lowest BCUT2D eigenvalue weighted by Crippen LogP contribution is -2.27. The van der Waals surface area contributed by atoms with Gasteiger partial charge >= 0.3 is 11.9 Å². The number of carbonyl (C=O) groups is 3. The lowest BCUT2D eigenvalue weighted by molar-refractivity contribution is -0.114. The van der Waals surface area contributed by atoms with Gasteiger partial charge in [-0.05, 0) is 46.8 Å². The normalized spacial score (nSPS) is 11.6. The molecule has 12 nitrogen and oxygen atoms in total. The Labute approximate surface area is 247 Å². The van der Waals surface area contributed by atoms with Crippen LogP contribution >= 0.6 is 0 Å². The van der Waals surface area contributed by atoms with Crippen LogP contribution in [-0.4, -0.2) is 30.1 Å². The van der Waals surface area contributed by atoms with Crippen molar-refractivity contribution in [1.29, 1.82) is 0 Å². The summed E-state index contributed by atoms with van der Waals surface area (Å²) in [5.41, 5.74) is 16.3. The van der Waals surface area contributed by atoms with E-state index in [0.717, 1.165) is 0 Å². The molecule has 10 N–H and O–H groups in total. The number of carbonyl (C=O) groups excluding carboxylic acids is 2. The molecule has 0 unspecified atom stereocenters. The van der Waals surface area contributed by atoms with Gasteiger partial charge in [0.2, 0.25) is 5.91 Å². The van der Waals surface area contributed by atoms with Crippen molar-refractivity contribution in [3.63, 3.8) is 0 Å². The number of hydrogen-bond donors (Lipinski definition) is 6. The molecule has 4 aromatic carbocycles. The van der Waals surface area contributed by atoms with Crippen molar-refractivity contribution >= 4 is 57.1 Å². The molecule has 4 aromatic rings.